The van der Waals surface area contributed by atoms with Crippen molar-refractivity contribution >= 4 is 15.7 Å². The van der Waals surface area contributed by atoms with Crippen molar-refractivity contribution in [2.24, 2.45) is 5.73 Å². The Hall–Kier alpha value is -1.11. The lowest BCUT2D eigenvalue weighted by molar-refractivity contribution is 0.373. The predicted molar refractivity (Wildman–Crippen MR) is 67.3 cm³/mol. The number of hydrogen-bond donors (Lipinski definition) is 3. The average Bonchev–Trinajstić information content (AvgIpc) is 2.28. The van der Waals surface area contributed by atoms with Crippen molar-refractivity contribution in [1.29, 1.82) is 0 Å². The Labute approximate surface area is 101 Å². The van der Waals surface area contributed by atoms with Crippen LogP contribution in [0.1, 0.15) is 12.8 Å². The topological polar surface area (TPSA) is 84.2 Å². The van der Waals surface area contributed by atoms with E-state index in [2.05, 4.69) is 10.0 Å². The summed E-state index contributed by atoms with van der Waals surface area (Å²) in [7, 11) is -1.94. The molecule has 94 valence electrons. The molecule has 6 heteroatoms. The summed E-state index contributed by atoms with van der Waals surface area (Å²) in [6.07, 6.45) is 1.94. The van der Waals surface area contributed by atoms with Gasteiger partial charge in [0.25, 0.3) is 0 Å². The number of rotatable bonds is 4. The van der Waals surface area contributed by atoms with Crippen molar-refractivity contribution in [2.45, 2.75) is 29.8 Å². The van der Waals surface area contributed by atoms with E-state index in [0.717, 1.165) is 18.5 Å². The van der Waals surface area contributed by atoms with Crippen LogP contribution in [0.4, 0.5) is 5.69 Å². The van der Waals surface area contributed by atoms with Gasteiger partial charge in [0.1, 0.15) is 0 Å². The van der Waals surface area contributed by atoms with Gasteiger partial charge in [0.15, 0.2) is 0 Å². The second-order valence-electron chi connectivity index (χ2n) is 4.30. The second-order valence-corrected chi connectivity index (χ2v) is 6.19. The molecule has 1 saturated carbocycles. The number of hydrogen-bond acceptors (Lipinski definition) is 4. The molecule has 0 radical (unpaired) electrons. The van der Waals surface area contributed by atoms with Crippen LogP contribution in [0.5, 0.6) is 0 Å². The molecule has 0 aliphatic heterocycles. The van der Waals surface area contributed by atoms with Crippen LogP contribution >= 0.6 is 0 Å². The van der Waals surface area contributed by atoms with E-state index in [1.54, 1.807) is 24.3 Å². The van der Waals surface area contributed by atoms with Crippen molar-refractivity contribution in [2.75, 3.05) is 12.4 Å². The summed E-state index contributed by atoms with van der Waals surface area (Å²) in [5.41, 5.74) is 6.62. The Bertz CT molecular complexity index is 478. The summed E-state index contributed by atoms with van der Waals surface area (Å²) < 4.78 is 25.3. The van der Waals surface area contributed by atoms with Gasteiger partial charge in [-0.3, -0.25) is 0 Å². The van der Waals surface area contributed by atoms with Gasteiger partial charge < -0.3 is 11.1 Å². The molecular weight excluding hydrogens is 238 g/mol. The third kappa shape index (κ3) is 2.77. The van der Waals surface area contributed by atoms with Crippen LogP contribution in [0.25, 0.3) is 0 Å². The molecule has 1 aliphatic rings. The van der Waals surface area contributed by atoms with Gasteiger partial charge in [0.05, 0.1) is 4.90 Å². The van der Waals surface area contributed by atoms with E-state index < -0.39 is 10.0 Å². The maximum absolute atomic E-state index is 11.5. The number of sulfonamides is 1. The molecule has 2 rings (SSSR count). The summed E-state index contributed by atoms with van der Waals surface area (Å²) in [5.74, 6) is 0. The van der Waals surface area contributed by atoms with Gasteiger partial charge in [-0.2, -0.15) is 0 Å². The van der Waals surface area contributed by atoms with Gasteiger partial charge >= 0.3 is 0 Å². The third-order valence-corrected chi connectivity index (χ3v) is 4.41. The van der Waals surface area contributed by atoms with E-state index in [4.69, 9.17) is 5.73 Å². The molecule has 0 unspecified atom stereocenters. The molecular formula is C11H17N3O2S. The maximum atomic E-state index is 11.5. The molecule has 0 bridgehead atoms. The molecule has 17 heavy (non-hydrogen) atoms. The molecule has 1 fully saturated rings. The summed E-state index contributed by atoms with van der Waals surface area (Å²) in [6.45, 7) is 0. The zero-order chi connectivity index (χ0) is 12.5. The second kappa shape index (κ2) is 4.64. The highest BCUT2D eigenvalue weighted by molar-refractivity contribution is 7.89. The SMILES string of the molecule is CNS(=O)(=O)c1ccc(NC2CC(N)C2)cc1. The molecule has 0 heterocycles. The molecule has 1 aromatic rings. The van der Waals surface area contributed by atoms with Crippen LogP contribution in [0.15, 0.2) is 29.2 Å². The van der Waals surface area contributed by atoms with E-state index in [-0.39, 0.29) is 4.90 Å². The summed E-state index contributed by atoms with van der Waals surface area (Å²) in [5, 5.41) is 3.31. The number of nitrogens with one attached hydrogen (secondary N) is 2. The smallest absolute Gasteiger partial charge is 0.240 e. The number of benzene rings is 1. The standard InChI is InChI=1S/C11H17N3O2S/c1-13-17(15,16)11-4-2-9(3-5-11)14-10-6-8(12)7-10/h2-5,8,10,13-14H,6-7,12H2,1H3. The predicted octanol–water partition coefficient (Wildman–Crippen LogP) is 0.496. The first kappa shape index (κ1) is 12.3. The molecule has 5 nitrogen and oxygen atoms in total. The van der Waals surface area contributed by atoms with E-state index in [1.807, 2.05) is 0 Å². The highest BCUT2D eigenvalue weighted by Gasteiger charge is 2.25. The van der Waals surface area contributed by atoms with Gasteiger partial charge in [-0.25, -0.2) is 13.1 Å². The molecule has 4 N–H and O–H groups in total. The lowest BCUT2D eigenvalue weighted by atomic mass is 9.87. The molecule has 0 aromatic heterocycles. The first-order chi connectivity index (χ1) is 8.01. The Morgan fingerprint density at radius 2 is 1.82 bits per heavy atom. The molecule has 0 amide bonds. The minimum Gasteiger partial charge on any atom is -0.382 e. The van der Waals surface area contributed by atoms with Crippen molar-refractivity contribution in [3.8, 4) is 0 Å². The van der Waals surface area contributed by atoms with Gasteiger partial charge in [-0.15, -0.1) is 0 Å². The molecule has 0 atom stereocenters. The van der Waals surface area contributed by atoms with E-state index in [0.29, 0.717) is 12.1 Å². The Morgan fingerprint density at radius 1 is 1.24 bits per heavy atom. The minimum absolute atomic E-state index is 0.274. The molecule has 0 saturated heterocycles. The van der Waals surface area contributed by atoms with Crippen LogP contribution < -0.4 is 15.8 Å². The number of anilines is 1. The largest absolute Gasteiger partial charge is 0.382 e. The Balaban J connectivity index is 2.03. The van der Waals surface area contributed by atoms with Crippen LogP contribution in [0.2, 0.25) is 0 Å². The first-order valence-electron chi connectivity index (χ1n) is 5.57. The highest BCUT2D eigenvalue weighted by atomic mass is 32.2. The first-order valence-corrected chi connectivity index (χ1v) is 7.05. The Morgan fingerprint density at radius 3 is 2.29 bits per heavy atom. The normalized spacial score (nSPS) is 24.1. The van der Waals surface area contributed by atoms with Crippen LogP contribution in [0, 0.1) is 0 Å². The fourth-order valence-electron chi connectivity index (χ4n) is 1.86. The third-order valence-electron chi connectivity index (χ3n) is 2.98. The summed E-state index contributed by atoms with van der Waals surface area (Å²) in [6, 6.07) is 7.44. The van der Waals surface area contributed by atoms with Gasteiger partial charge in [-0.05, 0) is 44.2 Å². The van der Waals surface area contributed by atoms with Crippen molar-refractivity contribution in [3.63, 3.8) is 0 Å². The lowest BCUT2D eigenvalue weighted by Gasteiger charge is -2.33. The average molecular weight is 255 g/mol. The van der Waals surface area contributed by atoms with Crippen LogP contribution in [0.3, 0.4) is 0 Å². The number of nitrogens with two attached hydrogens (primary N) is 1. The molecule has 0 spiro atoms. The molecule has 1 aliphatic carbocycles. The zero-order valence-electron chi connectivity index (χ0n) is 9.68. The van der Waals surface area contributed by atoms with Gasteiger partial charge in [0.2, 0.25) is 10.0 Å². The molecule has 1 aromatic carbocycles. The highest BCUT2D eigenvalue weighted by Crippen LogP contribution is 2.23. The van der Waals surface area contributed by atoms with E-state index >= 15 is 0 Å². The van der Waals surface area contributed by atoms with Crippen LogP contribution in [-0.2, 0) is 10.0 Å². The van der Waals surface area contributed by atoms with Crippen molar-refractivity contribution in [3.05, 3.63) is 24.3 Å². The zero-order valence-corrected chi connectivity index (χ0v) is 10.5. The summed E-state index contributed by atoms with van der Waals surface area (Å²) >= 11 is 0. The quantitative estimate of drug-likeness (QED) is 0.731. The fourth-order valence-corrected chi connectivity index (χ4v) is 2.59. The maximum Gasteiger partial charge on any atom is 0.240 e. The Kier molecular flexibility index (Phi) is 3.37. The van der Waals surface area contributed by atoms with Crippen molar-refractivity contribution < 1.29 is 8.42 Å². The fraction of sp³-hybridized carbons (Fsp3) is 0.455. The minimum atomic E-state index is -3.34. The lowest BCUT2D eigenvalue weighted by Crippen LogP contribution is -2.44. The summed E-state index contributed by atoms with van der Waals surface area (Å²) in [4.78, 5) is 0.274. The van der Waals surface area contributed by atoms with Crippen LogP contribution in [-0.4, -0.2) is 27.5 Å². The van der Waals surface area contributed by atoms with Crippen molar-refractivity contribution in [1.82, 2.24) is 4.72 Å². The van der Waals surface area contributed by atoms with E-state index in [1.165, 1.54) is 7.05 Å². The van der Waals surface area contributed by atoms with E-state index in [9.17, 15) is 8.42 Å². The van der Waals surface area contributed by atoms with Gasteiger partial charge in [-0.1, -0.05) is 0 Å². The van der Waals surface area contributed by atoms with Gasteiger partial charge in [0, 0.05) is 17.8 Å². The monoisotopic (exact) mass is 255 g/mol.